The van der Waals surface area contributed by atoms with E-state index < -0.39 is 5.72 Å². The molecule has 7 heteroatoms. The summed E-state index contributed by atoms with van der Waals surface area (Å²) in [5, 5.41) is 14.7. The van der Waals surface area contributed by atoms with Crippen LogP contribution in [0.15, 0.2) is 77.5 Å². The lowest BCUT2D eigenvalue weighted by atomic mass is 9.94. The molecule has 1 atom stereocenters. The molecule has 1 unspecified atom stereocenters. The van der Waals surface area contributed by atoms with Gasteiger partial charge in [-0.15, -0.1) is 0 Å². The van der Waals surface area contributed by atoms with Gasteiger partial charge >= 0.3 is 0 Å². The Labute approximate surface area is 209 Å². The summed E-state index contributed by atoms with van der Waals surface area (Å²) in [4.78, 5) is 10.2. The van der Waals surface area contributed by atoms with E-state index in [-0.39, 0.29) is 12.4 Å². The maximum absolute atomic E-state index is 13.5. The van der Waals surface area contributed by atoms with Crippen LogP contribution in [-0.2, 0) is 23.7 Å². The minimum Gasteiger partial charge on any atom is -0.495 e. The number of ether oxygens (including phenoxy) is 1. The molecule has 1 N–H and O–H groups in total. The highest BCUT2D eigenvalue weighted by atomic mass is 19.1. The average Bonchev–Trinajstić information content (AvgIpc) is 3.52. The number of hydrogen-bond acceptors (Lipinski definition) is 6. The number of amidine groups is 1. The van der Waals surface area contributed by atoms with Crippen molar-refractivity contribution in [1.29, 1.82) is 0 Å². The number of hydrogen-bond donors (Lipinski definition) is 1. The van der Waals surface area contributed by atoms with E-state index in [0.717, 1.165) is 48.5 Å². The third-order valence-corrected chi connectivity index (χ3v) is 7.33. The van der Waals surface area contributed by atoms with Crippen LogP contribution >= 0.6 is 0 Å². The quantitative estimate of drug-likeness (QED) is 0.550. The van der Waals surface area contributed by atoms with E-state index in [4.69, 9.17) is 9.57 Å². The first-order valence-electron chi connectivity index (χ1n) is 12.2. The molecule has 0 radical (unpaired) electrons. The van der Waals surface area contributed by atoms with Crippen molar-refractivity contribution in [1.82, 2.24) is 4.90 Å². The number of fused-ring (bicyclic) bond motifs is 2. The van der Waals surface area contributed by atoms with E-state index in [9.17, 15) is 9.50 Å². The van der Waals surface area contributed by atoms with Gasteiger partial charge in [0.2, 0.25) is 0 Å². The number of rotatable bonds is 5. The van der Waals surface area contributed by atoms with Crippen molar-refractivity contribution in [2.45, 2.75) is 31.7 Å². The third kappa shape index (κ3) is 3.71. The predicted octanol–water partition coefficient (Wildman–Crippen LogP) is 5.02. The molecule has 6 rings (SSSR count). The summed E-state index contributed by atoms with van der Waals surface area (Å²) in [6.45, 7) is 2.12. The molecule has 184 valence electrons. The van der Waals surface area contributed by atoms with Crippen molar-refractivity contribution in [2.24, 2.45) is 5.16 Å². The Morgan fingerprint density at radius 3 is 2.53 bits per heavy atom. The largest absolute Gasteiger partial charge is 0.495 e. The number of piperidine rings is 1. The molecule has 3 aromatic rings. The lowest BCUT2D eigenvalue weighted by Gasteiger charge is -2.38. The number of methoxy groups -OCH3 is 1. The van der Waals surface area contributed by atoms with Crippen LogP contribution < -0.4 is 9.64 Å². The van der Waals surface area contributed by atoms with Gasteiger partial charge in [0.25, 0.3) is 5.72 Å². The molecular weight excluding hydrogens is 457 g/mol. The van der Waals surface area contributed by atoms with Crippen LogP contribution in [0.3, 0.4) is 0 Å². The monoisotopic (exact) mass is 485 g/mol. The van der Waals surface area contributed by atoms with Crippen LogP contribution in [0, 0.1) is 5.82 Å². The summed E-state index contributed by atoms with van der Waals surface area (Å²) < 4.78 is 19.3. The van der Waals surface area contributed by atoms with Gasteiger partial charge in [-0.2, -0.15) is 0 Å². The van der Waals surface area contributed by atoms with Gasteiger partial charge in [0, 0.05) is 25.2 Å². The fourth-order valence-electron chi connectivity index (χ4n) is 5.46. The van der Waals surface area contributed by atoms with Crippen LogP contribution in [0.1, 0.15) is 35.1 Å². The fourth-order valence-corrected chi connectivity index (χ4v) is 5.46. The van der Waals surface area contributed by atoms with Gasteiger partial charge in [0.15, 0.2) is 5.84 Å². The summed E-state index contributed by atoms with van der Waals surface area (Å²) >= 11 is 0. The first kappa shape index (κ1) is 22.6. The van der Waals surface area contributed by atoms with Crippen LogP contribution in [0.25, 0.3) is 6.08 Å². The minimum atomic E-state index is -1.14. The third-order valence-electron chi connectivity index (χ3n) is 7.33. The first-order valence-corrected chi connectivity index (χ1v) is 12.2. The highest BCUT2D eigenvalue weighted by Crippen LogP contribution is 2.41. The molecule has 3 aromatic carbocycles. The Balaban J connectivity index is 1.28. The fraction of sp³-hybridized carbons (Fsp3) is 0.276. The molecule has 0 amide bonds. The number of aliphatic hydroxyl groups is 1. The zero-order valence-electron chi connectivity index (χ0n) is 20.2. The highest BCUT2D eigenvalue weighted by Gasteiger charge is 2.49. The Bertz CT molecular complexity index is 1330. The average molecular weight is 486 g/mol. The second-order valence-corrected chi connectivity index (χ2v) is 9.44. The summed E-state index contributed by atoms with van der Waals surface area (Å²) in [6, 6.07) is 20.8. The van der Waals surface area contributed by atoms with Crippen molar-refractivity contribution >= 4 is 17.6 Å². The smallest absolute Gasteiger partial charge is 0.260 e. The summed E-state index contributed by atoms with van der Waals surface area (Å²) in [7, 11) is 1.70. The van der Waals surface area contributed by atoms with Crippen LogP contribution in [-0.4, -0.2) is 36.1 Å². The van der Waals surface area contributed by atoms with Crippen molar-refractivity contribution < 1.29 is 19.1 Å². The van der Waals surface area contributed by atoms with Gasteiger partial charge < -0.3 is 24.5 Å². The van der Waals surface area contributed by atoms with Crippen LogP contribution in [0.4, 0.5) is 10.1 Å². The molecule has 0 aliphatic carbocycles. The van der Waals surface area contributed by atoms with Crippen molar-refractivity contribution in [3.63, 3.8) is 0 Å². The molecule has 6 nitrogen and oxygen atoms in total. The van der Waals surface area contributed by atoms with E-state index in [1.54, 1.807) is 19.2 Å². The van der Waals surface area contributed by atoms with Crippen LogP contribution in [0.5, 0.6) is 5.75 Å². The molecule has 1 fully saturated rings. The number of halogens is 1. The standard InChI is InChI=1S/C29H28FN3O3/c1-35-27-16-20(8-13-26(27)32-17-22-5-2-3-6-23(22)18-32)15-21-7-4-14-33-28(21)31-36-29(33,19-34)24-9-11-25(30)12-10-24/h2-3,5-6,8-13,15-16,34H,4,7,14,17-19H2,1H3/b21-15+. The maximum atomic E-state index is 13.5. The number of nitrogens with zero attached hydrogens (tertiary/aromatic N) is 3. The van der Waals surface area contributed by atoms with Gasteiger partial charge in [-0.1, -0.05) is 35.5 Å². The van der Waals surface area contributed by atoms with E-state index in [0.29, 0.717) is 17.9 Å². The second kappa shape index (κ2) is 8.99. The Morgan fingerprint density at radius 1 is 1.08 bits per heavy atom. The Morgan fingerprint density at radius 2 is 1.83 bits per heavy atom. The topological polar surface area (TPSA) is 57.5 Å². The highest BCUT2D eigenvalue weighted by molar-refractivity contribution is 6.03. The number of aliphatic hydroxyl groups excluding tert-OH is 1. The van der Waals surface area contributed by atoms with E-state index in [1.165, 1.54) is 23.3 Å². The molecule has 1 saturated heterocycles. The molecular formula is C29H28FN3O3. The molecule has 3 aliphatic heterocycles. The van der Waals surface area contributed by atoms with Crippen molar-refractivity contribution in [3.05, 3.63) is 100 Å². The minimum absolute atomic E-state index is 0.292. The summed E-state index contributed by atoms with van der Waals surface area (Å²) in [6.07, 6.45) is 3.84. The summed E-state index contributed by atoms with van der Waals surface area (Å²) in [5.74, 6) is 1.20. The Hall–Kier alpha value is -3.84. The SMILES string of the molecule is COc1cc(/C=C2\CCCN3C2=NOC3(CO)c2ccc(F)cc2)ccc1N1Cc2ccccc2C1. The zero-order valence-corrected chi connectivity index (χ0v) is 20.2. The van der Waals surface area contributed by atoms with Gasteiger partial charge in [-0.05, 0) is 77.6 Å². The van der Waals surface area contributed by atoms with E-state index in [2.05, 4.69) is 58.6 Å². The molecule has 36 heavy (non-hydrogen) atoms. The van der Waals surface area contributed by atoms with Crippen molar-refractivity contribution in [3.8, 4) is 5.75 Å². The molecule has 0 bridgehead atoms. The van der Waals surface area contributed by atoms with E-state index >= 15 is 0 Å². The predicted molar refractivity (Wildman–Crippen MR) is 137 cm³/mol. The lowest BCUT2D eigenvalue weighted by Crippen LogP contribution is -2.51. The lowest BCUT2D eigenvalue weighted by molar-refractivity contribution is -0.137. The Kier molecular flexibility index (Phi) is 5.64. The second-order valence-electron chi connectivity index (χ2n) is 9.44. The summed E-state index contributed by atoms with van der Waals surface area (Å²) in [5.41, 5.74) is 5.33. The van der Waals surface area contributed by atoms with Crippen LogP contribution in [0.2, 0.25) is 0 Å². The zero-order chi connectivity index (χ0) is 24.7. The molecule has 3 aliphatic rings. The van der Waals surface area contributed by atoms with Gasteiger partial charge in [-0.25, -0.2) is 4.39 Å². The molecule has 0 aromatic heterocycles. The molecule has 0 saturated carbocycles. The number of oxime groups is 1. The number of anilines is 1. The maximum Gasteiger partial charge on any atom is 0.260 e. The molecule has 0 spiro atoms. The normalized spacial score (nSPS) is 21.8. The first-order chi connectivity index (χ1) is 17.6. The van der Waals surface area contributed by atoms with E-state index in [1.807, 2.05) is 4.90 Å². The van der Waals surface area contributed by atoms with Gasteiger partial charge in [0.1, 0.15) is 18.2 Å². The molecule has 3 heterocycles. The van der Waals surface area contributed by atoms with Gasteiger partial charge in [-0.3, -0.25) is 0 Å². The van der Waals surface area contributed by atoms with Crippen molar-refractivity contribution in [2.75, 3.05) is 25.2 Å². The number of benzene rings is 3. The van der Waals surface area contributed by atoms with Gasteiger partial charge in [0.05, 0.1) is 12.8 Å².